The Balaban J connectivity index is 4.14. The lowest BCUT2D eigenvalue weighted by molar-refractivity contribution is -0.167. The zero-order chi connectivity index (χ0) is 59.2. The van der Waals surface area contributed by atoms with Gasteiger partial charge in [0.2, 0.25) is 0 Å². The van der Waals surface area contributed by atoms with Gasteiger partial charge in [0.05, 0.1) is 0 Å². The number of hydrogen-bond acceptors (Lipinski definition) is 6. The molecule has 6 nitrogen and oxygen atoms in total. The van der Waals surface area contributed by atoms with E-state index in [0.29, 0.717) is 19.3 Å². The molecule has 0 saturated heterocycles. The molecular formula is C76H134O6. The van der Waals surface area contributed by atoms with Gasteiger partial charge in [0.15, 0.2) is 6.10 Å². The average molecular weight is 1140 g/mol. The van der Waals surface area contributed by atoms with Crippen LogP contribution in [-0.2, 0) is 28.6 Å². The molecule has 0 aliphatic heterocycles. The Bertz CT molecular complexity index is 1550. The monoisotopic (exact) mass is 1140 g/mol. The molecular weight excluding hydrogens is 1010 g/mol. The van der Waals surface area contributed by atoms with Crippen molar-refractivity contribution in [2.24, 2.45) is 0 Å². The first-order chi connectivity index (χ1) is 40.5. The van der Waals surface area contributed by atoms with Crippen LogP contribution in [0.15, 0.2) is 85.1 Å². The number of allylic oxidation sites excluding steroid dienone is 14. The van der Waals surface area contributed by atoms with Gasteiger partial charge in [-0.05, 0) is 96.3 Å². The number of rotatable bonds is 65. The third-order valence-electron chi connectivity index (χ3n) is 15.6. The van der Waals surface area contributed by atoms with Crippen LogP contribution < -0.4 is 0 Å². The molecule has 474 valence electrons. The van der Waals surface area contributed by atoms with Crippen LogP contribution in [0.3, 0.4) is 0 Å². The molecule has 6 heteroatoms. The SMILES string of the molecule is CC/C=C\C/C=C\C/C=C\C/C=C\C/C=C\C/C=C\CCCCCCCCCCCCCCCCCCC(=O)OCC(COC(=O)CCCCCCC/C=C\CCCCCCC)OC(=O)CCCCCCCCCCCCCCCCC. The normalized spacial score (nSPS) is 12.6. The van der Waals surface area contributed by atoms with E-state index in [0.717, 1.165) is 103 Å². The Kier molecular flexibility index (Phi) is 67.2. The minimum Gasteiger partial charge on any atom is -0.462 e. The van der Waals surface area contributed by atoms with E-state index in [1.54, 1.807) is 0 Å². The van der Waals surface area contributed by atoms with E-state index in [2.05, 4.69) is 106 Å². The Morgan fingerprint density at radius 2 is 0.476 bits per heavy atom. The van der Waals surface area contributed by atoms with Crippen LogP contribution in [-0.4, -0.2) is 37.2 Å². The molecule has 0 heterocycles. The Hall–Kier alpha value is -3.41. The van der Waals surface area contributed by atoms with E-state index in [1.807, 2.05) is 0 Å². The zero-order valence-electron chi connectivity index (χ0n) is 54.5. The first-order valence-corrected chi connectivity index (χ1v) is 35.6. The van der Waals surface area contributed by atoms with E-state index in [4.69, 9.17) is 14.2 Å². The minimum absolute atomic E-state index is 0.0731. The standard InChI is InChI=1S/C76H134O6/c1-4-7-10-13-16-19-22-25-28-29-30-31-32-33-34-35-36-37-38-39-40-41-42-43-44-45-46-47-49-51-54-57-60-63-66-69-75(78)81-72-73(71-80-74(77)68-65-62-59-56-53-50-27-24-21-18-15-12-9-6-3)82-76(79)70-67-64-61-58-55-52-48-26-23-20-17-14-11-8-5-2/h7,10,16,19,24-25,27-28,30-31,33-34,36-37,73H,4-6,8-9,11-15,17-18,20-23,26,29,32,35,38-72H2,1-3H3/b10-7-,19-16-,27-24-,28-25-,31-30-,34-33-,37-36-. The highest BCUT2D eigenvalue weighted by atomic mass is 16.6. The summed E-state index contributed by atoms with van der Waals surface area (Å²) < 4.78 is 17.0. The number of carbonyl (C=O) groups excluding carboxylic acids is 3. The fourth-order valence-corrected chi connectivity index (χ4v) is 10.3. The van der Waals surface area contributed by atoms with Gasteiger partial charge in [0.1, 0.15) is 13.2 Å². The molecule has 1 atom stereocenters. The van der Waals surface area contributed by atoms with E-state index in [1.165, 1.54) is 218 Å². The zero-order valence-corrected chi connectivity index (χ0v) is 54.5. The predicted octanol–water partition coefficient (Wildman–Crippen LogP) is 24.6. The average Bonchev–Trinajstić information content (AvgIpc) is 3.48. The van der Waals surface area contributed by atoms with Crippen molar-refractivity contribution in [1.29, 1.82) is 0 Å². The maximum atomic E-state index is 12.9. The van der Waals surface area contributed by atoms with Crippen LogP contribution in [0.25, 0.3) is 0 Å². The van der Waals surface area contributed by atoms with Gasteiger partial charge < -0.3 is 14.2 Å². The predicted molar refractivity (Wildman–Crippen MR) is 358 cm³/mol. The molecule has 0 fully saturated rings. The summed E-state index contributed by atoms with van der Waals surface area (Å²) in [5, 5.41) is 0. The minimum atomic E-state index is -0.776. The number of hydrogen-bond donors (Lipinski definition) is 0. The summed E-state index contributed by atoms with van der Waals surface area (Å²) in [7, 11) is 0. The number of ether oxygens (including phenoxy) is 3. The molecule has 0 saturated carbocycles. The summed E-state index contributed by atoms with van der Waals surface area (Å²) in [6, 6.07) is 0. The van der Waals surface area contributed by atoms with Gasteiger partial charge in [0, 0.05) is 19.3 Å². The van der Waals surface area contributed by atoms with Crippen molar-refractivity contribution in [2.45, 2.75) is 367 Å². The van der Waals surface area contributed by atoms with Crippen molar-refractivity contribution in [1.82, 2.24) is 0 Å². The Morgan fingerprint density at radius 3 is 0.756 bits per heavy atom. The molecule has 0 aromatic carbocycles. The Morgan fingerprint density at radius 1 is 0.256 bits per heavy atom. The van der Waals surface area contributed by atoms with Crippen molar-refractivity contribution >= 4 is 17.9 Å². The van der Waals surface area contributed by atoms with E-state index < -0.39 is 6.10 Å². The molecule has 0 aromatic rings. The van der Waals surface area contributed by atoms with Crippen molar-refractivity contribution in [2.75, 3.05) is 13.2 Å². The van der Waals surface area contributed by atoms with Crippen LogP contribution >= 0.6 is 0 Å². The Labute approximate surface area is 509 Å². The number of unbranched alkanes of at least 4 members (excludes halogenated alkanes) is 40. The van der Waals surface area contributed by atoms with Crippen LogP contribution in [0.1, 0.15) is 361 Å². The highest BCUT2D eigenvalue weighted by Crippen LogP contribution is 2.18. The summed E-state index contributed by atoms with van der Waals surface area (Å²) in [6.45, 7) is 6.56. The molecule has 0 N–H and O–H groups in total. The number of carbonyl (C=O) groups is 3. The molecule has 0 aromatic heterocycles. The number of esters is 3. The van der Waals surface area contributed by atoms with Gasteiger partial charge in [-0.3, -0.25) is 14.4 Å². The van der Waals surface area contributed by atoms with Gasteiger partial charge in [-0.15, -0.1) is 0 Å². The maximum Gasteiger partial charge on any atom is 0.306 e. The van der Waals surface area contributed by atoms with Crippen LogP contribution in [0.5, 0.6) is 0 Å². The molecule has 0 spiro atoms. The highest BCUT2D eigenvalue weighted by molar-refractivity contribution is 5.71. The van der Waals surface area contributed by atoms with Gasteiger partial charge in [0.25, 0.3) is 0 Å². The third-order valence-corrected chi connectivity index (χ3v) is 15.6. The van der Waals surface area contributed by atoms with E-state index >= 15 is 0 Å². The van der Waals surface area contributed by atoms with E-state index in [-0.39, 0.29) is 31.1 Å². The van der Waals surface area contributed by atoms with Gasteiger partial charge in [-0.1, -0.05) is 331 Å². The van der Waals surface area contributed by atoms with Crippen LogP contribution in [0.2, 0.25) is 0 Å². The lowest BCUT2D eigenvalue weighted by Gasteiger charge is -2.18. The molecule has 0 amide bonds. The van der Waals surface area contributed by atoms with Crippen LogP contribution in [0, 0.1) is 0 Å². The van der Waals surface area contributed by atoms with E-state index in [9.17, 15) is 14.4 Å². The summed E-state index contributed by atoms with van der Waals surface area (Å²) in [5.41, 5.74) is 0. The largest absolute Gasteiger partial charge is 0.462 e. The molecule has 1 unspecified atom stereocenters. The second kappa shape index (κ2) is 70.1. The fourth-order valence-electron chi connectivity index (χ4n) is 10.3. The lowest BCUT2D eigenvalue weighted by Crippen LogP contribution is -2.30. The summed E-state index contributed by atoms with van der Waals surface area (Å²) in [6.07, 6.45) is 93.3. The smallest absolute Gasteiger partial charge is 0.306 e. The van der Waals surface area contributed by atoms with Crippen molar-refractivity contribution in [3.05, 3.63) is 85.1 Å². The lowest BCUT2D eigenvalue weighted by atomic mass is 10.0. The first-order valence-electron chi connectivity index (χ1n) is 35.6. The fraction of sp³-hybridized carbons (Fsp3) is 0.776. The quantitative estimate of drug-likeness (QED) is 0.0261. The molecule has 0 aliphatic carbocycles. The van der Waals surface area contributed by atoms with Crippen LogP contribution in [0.4, 0.5) is 0 Å². The highest BCUT2D eigenvalue weighted by Gasteiger charge is 2.19. The summed E-state index contributed by atoms with van der Waals surface area (Å²) in [5.74, 6) is -0.860. The third kappa shape index (κ3) is 67.4. The summed E-state index contributed by atoms with van der Waals surface area (Å²) >= 11 is 0. The molecule has 0 radical (unpaired) electrons. The van der Waals surface area contributed by atoms with Crippen molar-refractivity contribution < 1.29 is 28.6 Å². The van der Waals surface area contributed by atoms with Gasteiger partial charge in [-0.25, -0.2) is 0 Å². The topological polar surface area (TPSA) is 78.9 Å². The molecule has 0 rings (SSSR count). The second-order valence-corrected chi connectivity index (χ2v) is 23.8. The first kappa shape index (κ1) is 78.6. The molecule has 0 bridgehead atoms. The molecule has 82 heavy (non-hydrogen) atoms. The maximum absolute atomic E-state index is 12.9. The molecule has 0 aliphatic rings. The summed E-state index contributed by atoms with van der Waals surface area (Å²) in [4.78, 5) is 38.4. The van der Waals surface area contributed by atoms with Crippen molar-refractivity contribution in [3.63, 3.8) is 0 Å². The van der Waals surface area contributed by atoms with Crippen molar-refractivity contribution in [3.8, 4) is 0 Å². The van der Waals surface area contributed by atoms with Gasteiger partial charge in [-0.2, -0.15) is 0 Å². The second-order valence-electron chi connectivity index (χ2n) is 23.8. The van der Waals surface area contributed by atoms with Gasteiger partial charge >= 0.3 is 17.9 Å².